The topological polar surface area (TPSA) is 35.5 Å². The monoisotopic (exact) mass is 290 g/mol. The predicted octanol–water partition coefficient (Wildman–Crippen LogP) is 2.82. The molecule has 3 nitrogen and oxygen atoms in total. The number of rotatable bonds is 8. The summed E-state index contributed by atoms with van der Waals surface area (Å²) in [7, 11) is 0. The Morgan fingerprint density at radius 2 is 2.14 bits per heavy atom. The van der Waals surface area contributed by atoms with Crippen molar-refractivity contribution < 1.29 is 5.11 Å². The molecule has 0 aromatic heterocycles. The van der Waals surface area contributed by atoms with Gasteiger partial charge in [0.05, 0.1) is 0 Å². The Balaban J connectivity index is 1.86. The number of aliphatic hydroxyl groups excluding tert-OH is 1. The van der Waals surface area contributed by atoms with E-state index in [1.54, 1.807) is 0 Å². The molecule has 1 aromatic carbocycles. The third-order valence-electron chi connectivity index (χ3n) is 4.44. The maximum Gasteiger partial charge on any atom is 0.0471 e. The molecule has 21 heavy (non-hydrogen) atoms. The van der Waals surface area contributed by atoms with Gasteiger partial charge in [-0.15, -0.1) is 0 Å². The molecule has 1 heterocycles. The summed E-state index contributed by atoms with van der Waals surface area (Å²) >= 11 is 0. The van der Waals surface area contributed by atoms with Crippen LogP contribution in [0, 0.1) is 5.92 Å². The van der Waals surface area contributed by atoms with Crippen LogP contribution in [-0.4, -0.2) is 42.8 Å². The standard InChI is InChI=1S/C18H30N2O/c1-2-11-19-18(17-8-4-3-5-9-17)10-13-20-12-6-7-16(14-20)15-21/h3-5,8-9,16,18-19,21H,2,6-7,10-15H2,1H3. The highest BCUT2D eigenvalue weighted by molar-refractivity contribution is 5.18. The highest BCUT2D eigenvalue weighted by atomic mass is 16.3. The first kappa shape index (κ1) is 16.5. The Bertz CT molecular complexity index is 382. The fourth-order valence-corrected chi connectivity index (χ4v) is 3.21. The van der Waals surface area contributed by atoms with Crippen LogP contribution < -0.4 is 5.32 Å². The van der Waals surface area contributed by atoms with Crippen molar-refractivity contribution in [2.75, 3.05) is 32.8 Å². The van der Waals surface area contributed by atoms with E-state index in [1.165, 1.54) is 31.4 Å². The van der Waals surface area contributed by atoms with Crippen molar-refractivity contribution in [1.29, 1.82) is 0 Å². The van der Waals surface area contributed by atoms with Crippen molar-refractivity contribution in [2.45, 2.75) is 38.6 Å². The van der Waals surface area contributed by atoms with E-state index in [0.717, 1.165) is 26.1 Å². The van der Waals surface area contributed by atoms with Crippen LogP contribution in [0.3, 0.4) is 0 Å². The van der Waals surface area contributed by atoms with E-state index in [2.05, 4.69) is 47.5 Å². The number of nitrogens with zero attached hydrogens (tertiary/aromatic N) is 1. The quantitative estimate of drug-likeness (QED) is 0.773. The first-order valence-corrected chi connectivity index (χ1v) is 8.45. The molecule has 0 saturated carbocycles. The molecule has 3 heteroatoms. The Kier molecular flexibility index (Phi) is 7.20. The summed E-state index contributed by atoms with van der Waals surface area (Å²) in [4.78, 5) is 2.52. The summed E-state index contributed by atoms with van der Waals surface area (Å²) in [5, 5.41) is 13.0. The number of hydrogen-bond donors (Lipinski definition) is 2. The van der Waals surface area contributed by atoms with Crippen LogP contribution in [0.4, 0.5) is 0 Å². The Hall–Kier alpha value is -0.900. The SMILES string of the molecule is CCCNC(CCN1CCCC(CO)C1)c1ccccc1. The van der Waals surface area contributed by atoms with Gasteiger partial charge in [0.1, 0.15) is 0 Å². The Morgan fingerprint density at radius 3 is 2.86 bits per heavy atom. The molecule has 118 valence electrons. The zero-order valence-corrected chi connectivity index (χ0v) is 13.3. The molecule has 1 aliphatic heterocycles. The third-order valence-corrected chi connectivity index (χ3v) is 4.44. The normalized spacial score (nSPS) is 21.3. The van der Waals surface area contributed by atoms with Gasteiger partial charge in [0.2, 0.25) is 0 Å². The second-order valence-corrected chi connectivity index (χ2v) is 6.20. The minimum atomic E-state index is 0.340. The Labute approximate surface area is 129 Å². The van der Waals surface area contributed by atoms with E-state index in [4.69, 9.17) is 0 Å². The summed E-state index contributed by atoms with van der Waals surface area (Å²) in [6.45, 7) is 6.99. The van der Waals surface area contributed by atoms with E-state index in [-0.39, 0.29) is 0 Å². The molecule has 2 rings (SSSR count). The van der Waals surface area contributed by atoms with Gasteiger partial charge < -0.3 is 15.3 Å². The van der Waals surface area contributed by atoms with E-state index in [9.17, 15) is 5.11 Å². The minimum Gasteiger partial charge on any atom is -0.396 e. The van der Waals surface area contributed by atoms with Gasteiger partial charge in [0, 0.05) is 19.2 Å². The number of aliphatic hydroxyl groups is 1. The molecule has 1 saturated heterocycles. The van der Waals surface area contributed by atoms with Gasteiger partial charge in [0.25, 0.3) is 0 Å². The molecule has 2 N–H and O–H groups in total. The average molecular weight is 290 g/mol. The fraction of sp³-hybridized carbons (Fsp3) is 0.667. The molecule has 2 unspecified atom stereocenters. The van der Waals surface area contributed by atoms with Crippen LogP contribution >= 0.6 is 0 Å². The van der Waals surface area contributed by atoms with Crippen LogP contribution in [0.2, 0.25) is 0 Å². The largest absolute Gasteiger partial charge is 0.396 e. The van der Waals surface area contributed by atoms with Gasteiger partial charge in [-0.25, -0.2) is 0 Å². The third kappa shape index (κ3) is 5.42. The first-order valence-electron chi connectivity index (χ1n) is 8.45. The molecule has 0 spiro atoms. The van der Waals surface area contributed by atoms with Crippen molar-refractivity contribution in [1.82, 2.24) is 10.2 Å². The molecule has 2 atom stereocenters. The highest BCUT2D eigenvalue weighted by Crippen LogP contribution is 2.20. The van der Waals surface area contributed by atoms with Gasteiger partial charge in [-0.05, 0) is 56.8 Å². The predicted molar refractivity (Wildman–Crippen MR) is 88.3 cm³/mol. The fourth-order valence-electron chi connectivity index (χ4n) is 3.21. The zero-order chi connectivity index (χ0) is 14.9. The maximum atomic E-state index is 9.34. The van der Waals surface area contributed by atoms with Crippen molar-refractivity contribution in [3.8, 4) is 0 Å². The van der Waals surface area contributed by atoms with Crippen LogP contribution in [0.5, 0.6) is 0 Å². The number of nitrogens with one attached hydrogen (secondary N) is 1. The van der Waals surface area contributed by atoms with Gasteiger partial charge >= 0.3 is 0 Å². The number of piperidine rings is 1. The smallest absolute Gasteiger partial charge is 0.0471 e. The van der Waals surface area contributed by atoms with Crippen LogP contribution in [0.1, 0.15) is 44.2 Å². The first-order chi connectivity index (χ1) is 10.3. The van der Waals surface area contributed by atoms with Crippen LogP contribution in [-0.2, 0) is 0 Å². The summed E-state index contributed by atoms with van der Waals surface area (Å²) in [5.41, 5.74) is 1.39. The lowest BCUT2D eigenvalue weighted by molar-refractivity contribution is 0.117. The molecule has 1 aliphatic rings. The van der Waals surface area contributed by atoms with Crippen LogP contribution in [0.25, 0.3) is 0 Å². The lowest BCUT2D eigenvalue weighted by Crippen LogP contribution is -2.38. The molecule has 1 aromatic rings. The van der Waals surface area contributed by atoms with E-state index < -0.39 is 0 Å². The molecular formula is C18H30N2O. The van der Waals surface area contributed by atoms with Gasteiger partial charge in [-0.1, -0.05) is 37.3 Å². The summed E-state index contributed by atoms with van der Waals surface area (Å²) < 4.78 is 0. The van der Waals surface area contributed by atoms with Gasteiger partial charge in [-0.2, -0.15) is 0 Å². The average Bonchev–Trinajstić information content (AvgIpc) is 2.56. The molecule has 0 bridgehead atoms. The van der Waals surface area contributed by atoms with E-state index >= 15 is 0 Å². The lowest BCUT2D eigenvalue weighted by atomic mass is 9.97. The number of benzene rings is 1. The summed E-state index contributed by atoms with van der Waals surface area (Å²) in [6.07, 6.45) is 4.72. The minimum absolute atomic E-state index is 0.340. The number of hydrogen-bond acceptors (Lipinski definition) is 3. The molecular weight excluding hydrogens is 260 g/mol. The van der Waals surface area contributed by atoms with Gasteiger partial charge in [0.15, 0.2) is 0 Å². The highest BCUT2D eigenvalue weighted by Gasteiger charge is 2.20. The van der Waals surface area contributed by atoms with Gasteiger partial charge in [-0.3, -0.25) is 0 Å². The summed E-state index contributed by atoms with van der Waals surface area (Å²) in [5.74, 6) is 0.484. The van der Waals surface area contributed by atoms with E-state index in [1.807, 2.05) is 0 Å². The maximum absolute atomic E-state index is 9.34. The summed E-state index contributed by atoms with van der Waals surface area (Å²) in [6, 6.07) is 11.2. The van der Waals surface area contributed by atoms with Crippen LogP contribution in [0.15, 0.2) is 30.3 Å². The van der Waals surface area contributed by atoms with Crippen molar-refractivity contribution in [3.63, 3.8) is 0 Å². The second-order valence-electron chi connectivity index (χ2n) is 6.20. The zero-order valence-electron chi connectivity index (χ0n) is 13.3. The van der Waals surface area contributed by atoms with Crippen molar-refractivity contribution in [2.24, 2.45) is 5.92 Å². The second kappa shape index (κ2) is 9.19. The van der Waals surface area contributed by atoms with Crippen molar-refractivity contribution in [3.05, 3.63) is 35.9 Å². The van der Waals surface area contributed by atoms with Crippen molar-refractivity contribution >= 4 is 0 Å². The molecule has 0 radical (unpaired) electrons. The lowest BCUT2D eigenvalue weighted by Gasteiger charge is -2.33. The number of likely N-dealkylation sites (tertiary alicyclic amines) is 1. The molecule has 0 aliphatic carbocycles. The molecule has 1 fully saturated rings. The van der Waals surface area contributed by atoms with E-state index in [0.29, 0.717) is 18.6 Å². The molecule has 0 amide bonds. The Morgan fingerprint density at radius 1 is 1.33 bits per heavy atom.